The molecule has 5 aromatic rings. The fourth-order valence-corrected chi connectivity index (χ4v) is 11.6. The summed E-state index contributed by atoms with van der Waals surface area (Å²) in [7, 11) is -1.67. The number of pyridine rings is 1. The van der Waals surface area contributed by atoms with Crippen LogP contribution in [0.25, 0.3) is 39.2 Å². The van der Waals surface area contributed by atoms with Gasteiger partial charge < -0.3 is 0 Å². The van der Waals surface area contributed by atoms with Crippen LogP contribution >= 0.6 is 11.8 Å². The standard InChI is InChI=1S/C48H57N3SSi/c1-30(2)26-37-28-44-39-21-14-13-20-38(39)40-25-24-32(5)46(36(9)52-31(3)4)48-50(35(8)27-43(40)49(44)29-45(37)53(10,11)12)41-22-15-16-23-42(41)51(48)47-33(6)18-17-19-34(47)7/h13-23,28-30,40,43H,3,8-9,24-27H2,1-2,4-7,10-12H3/q+2/b46-32-. The summed E-state index contributed by atoms with van der Waals surface area (Å²) in [6.45, 7) is 35.2. The second kappa shape index (κ2) is 14.2. The van der Waals surface area contributed by atoms with Crippen LogP contribution in [0.4, 0.5) is 0 Å². The van der Waals surface area contributed by atoms with Crippen LogP contribution in [0.2, 0.25) is 19.6 Å². The van der Waals surface area contributed by atoms with Gasteiger partial charge in [0.15, 0.2) is 23.3 Å². The Labute approximate surface area is 323 Å². The van der Waals surface area contributed by atoms with Crippen molar-refractivity contribution in [1.29, 1.82) is 0 Å². The molecule has 3 nitrogen and oxygen atoms in total. The number of thioether (sulfide) groups is 1. The first-order valence-electron chi connectivity index (χ1n) is 19.4. The lowest BCUT2D eigenvalue weighted by Gasteiger charge is -2.33. The van der Waals surface area contributed by atoms with Gasteiger partial charge in [0.25, 0.3) is 0 Å². The third-order valence-corrected chi connectivity index (χ3v) is 14.2. The molecule has 0 radical (unpaired) electrons. The molecule has 0 amide bonds. The molecule has 272 valence electrons. The molecule has 7 rings (SSSR count). The first-order valence-corrected chi connectivity index (χ1v) is 23.7. The van der Waals surface area contributed by atoms with Crippen molar-refractivity contribution in [2.75, 3.05) is 0 Å². The molecule has 0 saturated carbocycles. The number of fused-ring (bicyclic) bond motifs is 9. The van der Waals surface area contributed by atoms with Crippen molar-refractivity contribution < 1.29 is 9.13 Å². The highest BCUT2D eigenvalue weighted by Gasteiger charge is 2.45. The zero-order valence-corrected chi connectivity index (χ0v) is 35.3. The quantitative estimate of drug-likeness (QED) is 0.120. The average molecular weight is 736 g/mol. The van der Waals surface area contributed by atoms with Gasteiger partial charge in [0, 0.05) is 27.6 Å². The number of hydrogen-bond donors (Lipinski definition) is 0. The lowest BCUT2D eigenvalue weighted by Crippen LogP contribution is -2.54. The molecule has 5 heteroatoms. The van der Waals surface area contributed by atoms with Crippen LogP contribution in [-0.4, -0.2) is 12.6 Å². The van der Waals surface area contributed by atoms with E-state index < -0.39 is 8.07 Å². The van der Waals surface area contributed by atoms with Crippen LogP contribution in [0.1, 0.15) is 87.0 Å². The van der Waals surface area contributed by atoms with Crippen molar-refractivity contribution in [3.8, 4) is 16.9 Å². The first kappa shape index (κ1) is 37.1. The van der Waals surface area contributed by atoms with E-state index in [1.807, 2.05) is 0 Å². The normalized spacial score (nSPS) is 18.7. The number of allylic oxidation sites excluding steroid dienone is 4. The highest BCUT2D eigenvalue weighted by Crippen LogP contribution is 2.47. The molecule has 0 saturated heterocycles. The lowest BCUT2D eigenvalue weighted by molar-refractivity contribution is -0.719. The largest absolute Gasteiger partial charge is 0.301 e. The van der Waals surface area contributed by atoms with Crippen molar-refractivity contribution >= 4 is 47.3 Å². The molecular weight excluding hydrogens is 679 g/mol. The van der Waals surface area contributed by atoms with Gasteiger partial charge in [-0.25, -0.2) is 0 Å². The molecule has 0 bridgehead atoms. The Morgan fingerprint density at radius 1 is 0.943 bits per heavy atom. The number of rotatable bonds is 7. The summed E-state index contributed by atoms with van der Waals surface area (Å²) in [5, 5.41) is 1.59. The third kappa shape index (κ3) is 6.65. The zero-order chi connectivity index (χ0) is 37.9. The van der Waals surface area contributed by atoms with E-state index >= 15 is 0 Å². The van der Waals surface area contributed by atoms with E-state index in [2.05, 4.69) is 160 Å². The third-order valence-electron chi connectivity index (χ3n) is 11.4. The van der Waals surface area contributed by atoms with Crippen LogP contribution in [0.3, 0.4) is 0 Å². The molecule has 2 aliphatic heterocycles. The Morgan fingerprint density at radius 2 is 1.62 bits per heavy atom. The predicted octanol–water partition coefficient (Wildman–Crippen LogP) is 11.8. The summed E-state index contributed by atoms with van der Waals surface area (Å²) >= 11 is 1.69. The molecule has 2 unspecified atom stereocenters. The van der Waals surface area contributed by atoms with Gasteiger partial charge in [-0.2, -0.15) is 13.7 Å². The number of aryl methyl sites for hydroxylation is 2. The highest BCUT2D eigenvalue weighted by molar-refractivity contribution is 8.07. The van der Waals surface area contributed by atoms with Gasteiger partial charge >= 0.3 is 5.82 Å². The Kier molecular flexibility index (Phi) is 9.97. The number of imidazole rings is 1. The fourth-order valence-electron chi connectivity index (χ4n) is 9.17. The van der Waals surface area contributed by atoms with Crippen molar-refractivity contribution in [1.82, 2.24) is 4.57 Å². The molecule has 0 aliphatic carbocycles. The van der Waals surface area contributed by atoms with Crippen LogP contribution in [-0.2, 0) is 6.42 Å². The Morgan fingerprint density at radius 3 is 2.30 bits per heavy atom. The SMILES string of the molecule is C=C(C)SC(=C)/C1=C(\C)CCC2c3ccccc3-c3cc(CC(C)C)c([Si](C)(C)C)c[n+]3C2CC(=C)[n+]2c1n(-c1c(C)cccc1C)c1ccccc12. The Balaban J connectivity index is 1.55. The molecule has 3 aromatic carbocycles. The Hall–Kier alpha value is -4.19. The molecule has 53 heavy (non-hydrogen) atoms. The minimum absolute atomic E-state index is 0.223. The number of hydrogen-bond acceptors (Lipinski definition) is 1. The van der Waals surface area contributed by atoms with Crippen molar-refractivity contribution in [3.63, 3.8) is 0 Å². The number of aromatic nitrogens is 3. The molecule has 2 atom stereocenters. The van der Waals surface area contributed by atoms with E-state index in [1.54, 1.807) is 16.9 Å². The van der Waals surface area contributed by atoms with Gasteiger partial charge in [0.05, 0.1) is 20.1 Å². The van der Waals surface area contributed by atoms with E-state index in [9.17, 15) is 0 Å². The van der Waals surface area contributed by atoms with Gasteiger partial charge in [0.1, 0.15) is 11.4 Å². The number of benzene rings is 3. The number of para-hydroxylation sites is 3. The van der Waals surface area contributed by atoms with Crippen LogP contribution in [0, 0.1) is 19.8 Å². The summed E-state index contributed by atoms with van der Waals surface area (Å²) in [6.07, 6.45) is 6.53. The maximum absolute atomic E-state index is 5.03. The fraction of sp³-hybridized carbons (Fsp3) is 0.333. The van der Waals surface area contributed by atoms with Gasteiger partial charge in [-0.15, -0.1) is 0 Å². The van der Waals surface area contributed by atoms with E-state index in [4.69, 9.17) is 13.2 Å². The van der Waals surface area contributed by atoms with Gasteiger partial charge in [-0.05, 0) is 98.2 Å². The van der Waals surface area contributed by atoms with E-state index in [0.29, 0.717) is 11.8 Å². The first-order chi connectivity index (χ1) is 25.2. The predicted molar refractivity (Wildman–Crippen MR) is 232 cm³/mol. The topological polar surface area (TPSA) is 12.7 Å². The second-order valence-electron chi connectivity index (χ2n) is 17.0. The lowest BCUT2D eigenvalue weighted by atomic mass is 9.77. The van der Waals surface area contributed by atoms with Crippen LogP contribution in [0.15, 0.2) is 114 Å². The highest BCUT2D eigenvalue weighted by atomic mass is 32.2. The van der Waals surface area contributed by atoms with Crippen molar-refractivity contribution in [3.05, 3.63) is 142 Å². The second-order valence-corrected chi connectivity index (χ2v) is 23.5. The molecular formula is C48H57N3SSi+2. The monoisotopic (exact) mass is 735 g/mol. The minimum atomic E-state index is -1.67. The maximum atomic E-state index is 5.03. The summed E-state index contributed by atoms with van der Waals surface area (Å²) in [6, 6.07) is 27.6. The van der Waals surface area contributed by atoms with Gasteiger partial charge in [-0.3, -0.25) is 0 Å². The zero-order valence-electron chi connectivity index (χ0n) is 33.4. The molecule has 0 N–H and O–H groups in total. The average Bonchev–Trinajstić information content (AvgIpc) is 3.40. The van der Waals surface area contributed by atoms with Crippen LogP contribution in [0.5, 0.6) is 0 Å². The summed E-state index contributed by atoms with van der Waals surface area (Å²) in [5.74, 6) is 2.07. The molecule has 0 fully saturated rings. The van der Waals surface area contributed by atoms with Crippen LogP contribution < -0.4 is 14.3 Å². The summed E-state index contributed by atoms with van der Waals surface area (Å²) < 4.78 is 7.68. The Bertz CT molecular complexity index is 2330. The van der Waals surface area contributed by atoms with E-state index in [-0.39, 0.29) is 6.04 Å². The van der Waals surface area contributed by atoms with E-state index in [1.165, 1.54) is 61.4 Å². The number of nitrogens with zero attached hydrogens (tertiary/aromatic N) is 3. The van der Waals surface area contributed by atoms with Gasteiger partial charge in [-0.1, -0.05) is 119 Å². The molecule has 4 heterocycles. The molecule has 2 aliphatic rings. The minimum Gasteiger partial charge on any atom is -0.195 e. The van der Waals surface area contributed by atoms with Crippen molar-refractivity contribution in [2.45, 2.75) is 98.8 Å². The molecule has 0 spiro atoms. The van der Waals surface area contributed by atoms with Gasteiger partial charge in [0.2, 0.25) is 5.69 Å². The van der Waals surface area contributed by atoms with Crippen molar-refractivity contribution in [2.24, 2.45) is 5.92 Å². The summed E-state index contributed by atoms with van der Waals surface area (Å²) in [5.41, 5.74) is 15.5. The summed E-state index contributed by atoms with van der Waals surface area (Å²) in [4.78, 5) is 2.07. The smallest absolute Gasteiger partial charge is 0.195 e. The maximum Gasteiger partial charge on any atom is 0.301 e. The van der Waals surface area contributed by atoms with E-state index in [0.717, 1.165) is 47.0 Å². The molecule has 2 aromatic heterocycles.